The summed E-state index contributed by atoms with van der Waals surface area (Å²) in [6.07, 6.45) is 0.219. The summed E-state index contributed by atoms with van der Waals surface area (Å²) in [5.41, 5.74) is 2.08. The average molecular weight is 488 g/mol. The van der Waals surface area contributed by atoms with E-state index < -0.39 is 22.8 Å². The lowest BCUT2D eigenvalue weighted by Crippen LogP contribution is -2.45. The van der Waals surface area contributed by atoms with Crippen LogP contribution in [-0.2, 0) is 11.2 Å². The summed E-state index contributed by atoms with van der Waals surface area (Å²) < 4.78 is 0. The summed E-state index contributed by atoms with van der Waals surface area (Å²) in [6.45, 7) is 1.59. The van der Waals surface area contributed by atoms with Gasteiger partial charge < -0.3 is 5.32 Å². The number of hydrogen-bond donors (Lipinski definition) is 2. The number of anilines is 1. The number of amides is 2. The number of aromatic nitrogens is 2. The molecule has 1 aromatic heterocycles. The highest BCUT2D eigenvalue weighted by molar-refractivity contribution is 7.18. The zero-order chi connectivity index (χ0) is 24.8. The van der Waals surface area contributed by atoms with E-state index in [1.807, 2.05) is 60.7 Å². The first kappa shape index (κ1) is 23.7. The molecule has 0 spiro atoms. The number of aryl methyl sites for hydroxylation is 1. The number of rotatable bonds is 8. The van der Waals surface area contributed by atoms with E-state index in [1.165, 1.54) is 29.5 Å². The van der Waals surface area contributed by atoms with E-state index in [1.54, 1.807) is 6.92 Å². The molecule has 35 heavy (non-hydrogen) atoms. The van der Waals surface area contributed by atoms with Gasteiger partial charge in [0.2, 0.25) is 11.0 Å². The van der Waals surface area contributed by atoms with Crippen molar-refractivity contribution in [1.29, 1.82) is 0 Å². The Morgan fingerprint density at radius 1 is 1.00 bits per heavy atom. The highest BCUT2D eigenvalue weighted by Gasteiger charge is 2.24. The fourth-order valence-corrected chi connectivity index (χ4v) is 4.16. The smallest absolute Gasteiger partial charge is 0.273 e. The average Bonchev–Trinajstić information content (AvgIpc) is 3.33. The monoisotopic (exact) mass is 487 g/mol. The first-order valence-corrected chi connectivity index (χ1v) is 11.5. The second-order valence-electron chi connectivity index (χ2n) is 7.74. The van der Waals surface area contributed by atoms with Gasteiger partial charge in [-0.2, -0.15) is 0 Å². The van der Waals surface area contributed by atoms with Crippen LogP contribution >= 0.6 is 11.3 Å². The molecule has 9 nitrogen and oxygen atoms in total. The number of nitro benzene ring substituents is 1. The van der Waals surface area contributed by atoms with Crippen molar-refractivity contribution in [3.8, 4) is 10.6 Å². The molecule has 1 unspecified atom stereocenters. The summed E-state index contributed by atoms with van der Waals surface area (Å²) >= 11 is 1.22. The molecule has 0 saturated heterocycles. The number of nitro groups is 1. The first-order chi connectivity index (χ1) is 16.9. The summed E-state index contributed by atoms with van der Waals surface area (Å²) in [4.78, 5) is 36.8. The van der Waals surface area contributed by atoms with Gasteiger partial charge in [-0.25, -0.2) is 0 Å². The van der Waals surface area contributed by atoms with Crippen molar-refractivity contribution in [3.63, 3.8) is 0 Å². The van der Waals surface area contributed by atoms with E-state index in [0.29, 0.717) is 15.7 Å². The molecule has 2 amide bonds. The zero-order valence-corrected chi connectivity index (χ0v) is 19.5. The summed E-state index contributed by atoms with van der Waals surface area (Å²) in [7, 11) is 0. The van der Waals surface area contributed by atoms with E-state index in [0.717, 1.165) is 11.1 Å². The first-order valence-electron chi connectivity index (χ1n) is 10.7. The van der Waals surface area contributed by atoms with Crippen molar-refractivity contribution in [2.45, 2.75) is 19.4 Å². The lowest BCUT2D eigenvalue weighted by Gasteiger charge is -2.18. The number of carbonyl (C=O) groups excluding carboxylic acids is 2. The van der Waals surface area contributed by atoms with Crippen molar-refractivity contribution in [2.24, 2.45) is 0 Å². The fourth-order valence-electron chi connectivity index (χ4n) is 3.41. The van der Waals surface area contributed by atoms with E-state index in [2.05, 4.69) is 20.8 Å². The number of nitrogens with zero attached hydrogens (tertiary/aromatic N) is 3. The van der Waals surface area contributed by atoms with Crippen LogP contribution in [0.4, 0.5) is 10.8 Å². The van der Waals surface area contributed by atoms with E-state index in [9.17, 15) is 19.7 Å². The third-order valence-electron chi connectivity index (χ3n) is 5.25. The van der Waals surface area contributed by atoms with Gasteiger partial charge in [0, 0.05) is 29.2 Å². The zero-order valence-electron chi connectivity index (χ0n) is 18.7. The third kappa shape index (κ3) is 5.92. The summed E-state index contributed by atoms with van der Waals surface area (Å²) in [5.74, 6) is -1.06. The Balaban J connectivity index is 1.54. The molecule has 176 valence electrons. The largest absolute Gasteiger partial charge is 0.340 e. The Bertz CT molecular complexity index is 1360. The van der Waals surface area contributed by atoms with Crippen LogP contribution in [0.25, 0.3) is 10.6 Å². The molecule has 0 aliphatic carbocycles. The molecule has 0 aliphatic rings. The van der Waals surface area contributed by atoms with Gasteiger partial charge in [-0.3, -0.25) is 25.0 Å². The number of hydrogen-bond acceptors (Lipinski definition) is 7. The predicted molar refractivity (Wildman–Crippen MR) is 133 cm³/mol. The highest BCUT2D eigenvalue weighted by Crippen LogP contribution is 2.26. The quantitative estimate of drug-likeness (QED) is 0.280. The molecule has 4 aromatic rings. The summed E-state index contributed by atoms with van der Waals surface area (Å²) in [5, 5.41) is 25.8. The second kappa shape index (κ2) is 10.7. The van der Waals surface area contributed by atoms with Crippen LogP contribution in [0.5, 0.6) is 0 Å². The molecule has 4 rings (SSSR count). The Kier molecular flexibility index (Phi) is 7.22. The van der Waals surface area contributed by atoms with Crippen LogP contribution in [-0.4, -0.2) is 33.0 Å². The minimum absolute atomic E-state index is 0.0930. The Hall–Kier alpha value is -4.44. The molecular weight excluding hydrogens is 466 g/mol. The maximum atomic E-state index is 13.2. The number of benzene rings is 3. The second-order valence-corrected chi connectivity index (χ2v) is 8.72. The van der Waals surface area contributed by atoms with E-state index in [-0.39, 0.29) is 17.7 Å². The maximum Gasteiger partial charge on any atom is 0.273 e. The molecule has 0 saturated carbocycles. The predicted octanol–water partition coefficient (Wildman–Crippen LogP) is 4.40. The van der Waals surface area contributed by atoms with E-state index in [4.69, 9.17) is 0 Å². The van der Waals surface area contributed by atoms with Gasteiger partial charge in [0.1, 0.15) is 11.0 Å². The fraction of sp³-hybridized carbons (Fsp3) is 0.120. The minimum Gasteiger partial charge on any atom is -0.340 e. The minimum atomic E-state index is -0.950. The normalized spacial score (nSPS) is 11.5. The van der Waals surface area contributed by atoms with Crippen LogP contribution in [0.1, 0.15) is 21.5 Å². The molecule has 0 fully saturated rings. The van der Waals surface area contributed by atoms with Crippen molar-refractivity contribution >= 4 is 34.0 Å². The third-order valence-corrected chi connectivity index (χ3v) is 6.14. The van der Waals surface area contributed by atoms with Crippen molar-refractivity contribution in [2.75, 3.05) is 5.32 Å². The molecule has 2 N–H and O–H groups in total. The van der Waals surface area contributed by atoms with Crippen molar-refractivity contribution in [1.82, 2.24) is 15.5 Å². The Morgan fingerprint density at radius 3 is 2.37 bits per heavy atom. The van der Waals surface area contributed by atoms with Crippen molar-refractivity contribution < 1.29 is 14.5 Å². The van der Waals surface area contributed by atoms with Crippen LogP contribution in [0.2, 0.25) is 0 Å². The molecular formula is C25H21N5O4S. The van der Waals surface area contributed by atoms with Gasteiger partial charge in [0.15, 0.2) is 0 Å². The van der Waals surface area contributed by atoms with Crippen molar-refractivity contribution in [3.05, 3.63) is 106 Å². The lowest BCUT2D eigenvalue weighted by molar-refractivity contribution is -0.385. The molecule has 1 heterocycles. The Labute approximate surface area is 205 Å². The summed E-state index contributed by atoms with van der Waals surface area (Å²) in [6, 6.07) is 21.9. The van der Waals surface area contributed by atoms with Crippen LogP contribution < -0.4 is 10.6 Å². The van der Waals surface area contributed by atoms with Gasteiger partial charge in [0.25, 0.3) is 11.6 Å². The van der Waals surface area contributed by atoms with Crippen LogP contribution in [0.3, 0.4) is 0 Å². The molecule has 0 aliphatic heterocycles. The highest BCUT2D eigenvalue weighted by atomic mass is 32.1. The van der Waals surface area contributed by atoms with Gasteiger partial charge in [0.05, 0.1) is 4.92 Å². The number of nitrogens with one attached hydrogen (secondary N) is 2. The van der Waals surface area contributed by atoms with Crippen LogP contribution in [0.15, 0.2) is 78.9 Å². The standard InChI is InChI=1S/C25H21N5O4S/c1-16-12-13-19(15-21(16)30(33)34)22(31)26-20(14-17-8-4-2-5-9-17)23(32)27-25-29-28-24(35-25)18-10-6-3-7-11-18/h2-13,15,20H,14H2,1H3,(H,26,31)(H,27,29,32). The SMILES string of the molecule is Cc1ccc(C(=O)NC(Cc2ccccc2)C(=O)Nc2nnc(-c3ccccc3)s2)cc1[N+](=O)[O-]. The number of carbonyl (C=O) groups is 2. The van der Waals surface area contributed by atoms with Gasteiger partial charge in [-0.05, 0) is 18.6 Å². The van der Waals surface area contributed by atoms with Gasteiger partial charge >= 0.3 is 0 Å². The molecule has 0 radical (unpaired) electrons. The van der Waals surface area contributed by atoms with Gasteiger partial charge in [-0.1, -0.05) is 78.1 Å². The molecule has 0 bridgehead atoms. The topological polar surface area (TPSA) is 127 Å². The van der Waals surface area contributed by atoms with Gasteiger partial charge in [-0.15, -0.1) is 10.2 Å². The molecule has 1 atom stereocenters. The molecule has 10 heteroatoms. The van der Waals surface area contributed by atoms with Crippen LogP contribution in [0, 0.1) is 17.0 Å². The maximum absolute atomic E-state index is 13.2. The van der Waals surface area contributed by atoms with E-state index >= 15 is 0 Å². The lowest BCUT2D eigenvalue weighted by atomic mass is 10.0. The Morgan fingerprint density at radius 2 is 1.69 bits per heavy atom. The molecule has 3 aromatic carbocycles.